The van der Waals surface area contributed by atoms with Crippen molar-refractivity contribution in [3.8, 4) is 0 Å². The minimum Gasteiger partial charge on any atom is -0.356 e. The molecule has 0 N–H and O–H groups in total. The number of rotatable bonds is 2. The molecule has 3 heterocycles. The fourth-order valence-electron chi connectivity index (χ4n) is 4.24. The lowest BCUT2D eigenvalue weighted by atomic mass is 9.72. The molecule has 4 rings (SSSR count). The smallest absolute Gasteiger partial charge is 0.228 e. The van der Waals surface area contributed by atoms with Crippen molar-refractivity contribution in [3.63, 3.8) is 0 Å². The Hall–Kier alpha value is -1.88. The van der Waals surface area contributed by atoms with E-state index in [-0.39, 0.29) is 5.91 Å². The number of carbonyl (C=O) groups excluding carboxylic acids is 1. The number of hydrogen-bond donors (Lipinski definition) is 0. The molecule has 1 aromatic heterocycles. The fraction of sp³-hybridized carbons (Fsp3) is 0.579. The number of benzene rings is 1. The van der Waals surface area contributed by atoms with Crippen molar-refractivity contribution in [2.75, 3.05) is 33.2 Å². The predicted octanol–water partition coefficient (Wildman–Crippen LogP) is 2.70. The first-order valence-electron chi connectivity index (χ1n) is 8.95. The van der Waals surface area contributed by atoms with E-state index < -0.39 is 0 Å². The Kier molecular flexibility index (Phi) is 4.04. The number of piperidine rings is 2. The Balaban J connectivity index is 1.46. The third-order valence-corrected chi connectivity index (χ3v) is 5.83. The van der Waals surface area contributed by atoms with E-state index in [0.717, 1.165) is 49.3 Å². The van der Waals surface area contributed by atoms with E-state index in [1.54, 1.807) is 0 Å². The summed E-state index contributed by atoms with van der Waals surface area (Å²) in [6, 6.07) is 7.75. The quantitative estimate of drug-likeness (QED) is 0.851. The third kappa shape index (κ3) is 2.93. The van der Waals surface area contributed by atoms with Gasteiger partial charge in [-0.25, -0.2) is 0 Å². The van der Waals surface area contributed by atoms with E-state index in [1.165, 1.54) is 19.3 Å². The van der Waals surface area contributed by atoms with Gasteiger partial charge in [0.1, 0.15) is 5.69 Å². The van der Waals surface area contributed by atoms with Gasteiger partial charge in [0.2, 0.25) is 5.91 Å². The summed E-state index contributed by atoms with van der Waals surface area (Å²) < 4.78 is 5.33. The highest BCUT2D eigenvalue weighted by molar-refractivity contribution is 5.86. The molecule has 1 aromatic carbocycles. The molecule has 2 aromatic rings. The molecule has 2 aliphatic rings. The van der Waals surface area contributed by atoms with Crippen LogP contribution in [0, 0.1) is 5.41 Å². The van der Waals surface area contributed by atoms with Crippen LogP contribution in [0.3, 0.4) is 0 Å². The molecule has 2 saturated heterocycles. The average molecular weight is 327 g/mol. The molecule has 0 atom stereocenters. The van der Waals surface area contributed by atoms with Crippen LogP contribution in [-0.4, -0.2) is 54.1 Å². The normalized spacial score (nSPS) is 21.5. The number of aromatic nitrogens is 1. The number of hydrogen-bond acceptors (Lipinski definition) is 4. The zero-order valence-electron chi connectivity index (χ0n) is 14.3. The van der Waals surface area contributed by atoms with Gasteiger partial charge in [0.25, 0.3) is 0 Å². The molecule has 0 saturated carbocycles. The van der Waals surface area contributed by atoms with Crippen LogP contribution in [-0.2, 0) is 11.2 Å². The van der Waals surface area contributed by atoms with Crippen molar-refractivity contribution in [2.45, 2.75) is 32.1 Å². The molecular weight excluding hydrogens is 302 g/mol. The minimum absolute atomic E-state index is 0.187. The monoisotopic (exact) mass is 327 g/mol. The maximum atomic E-state index is 12.8. The maximum Gasteiger partial charge on any atom is 0.228 e. The van der Waals surface area contributed by atoms with Gasteiger partial charge in [-0.1, -0.05) is 17.3 Å². The largest absolute Gasteiger partial charge is 0.356 e. The van der Waals surface area contributed by atoms with Crippen molar-refractivity contribution in [3.05, 3.63) is 30.0 Å². The molecule has 128 valence electrons. The lowest BCUT2D eigenvalue weighted by Gasteiger charge is -2.47. The summed E-state index contributed by atoms with van der Waals surface area (Å²) in [6.45, 7) is 4.09. The summed E-state index contributed by atoms with van der Waals surface area (Å²) in [5, 5.41) is 5.07. The van der Waals surface area contributed by atoms with Gasteiger partial charge in [0, 0.05) is 18.5 Å². The van der Waals surface area contributed by atoms with Crippen LogP contribution in [0.5, 0.6) is 0 Å². The van der Waals surface area contributed by atoms with E-state index in [9.17, 15) is 4.79 Å². The molecule has 0 radical (unpaired) electrons. The van der Waals surface area contributed by atoms with Gasteiger partial charge in [0.05, 0.1) is 6.42 Å². The number of likely N-dealkylation sites (tertiary alicyclic amines) is 2. The Morgan fingerprint density at radius 2 is 2.00 bits per heavy atom. The molecule has 2 aliphatic heterocycles. The molecule has 24 heavy (non-hydrogen) atoms. The van der Waals surface area contributed by atoms with Gasteiger partial charge >= 0.3 is 0 Å². The maximum absolute atomic E-state index is 12.8. The number of para-hydroxylation sites is 1. The van der Waals surface area contributed by atoms with Gasteiger partial charge in [-0.2, -0.15) is 0 Å². The standard InChI is InChI=1S/C19H25N3O2/c1-21-11-8-19(9-12-21)7-4-10-22(14-19)18(23)13-16-15-5-2-3-6-17(15)24-20-16/h2-3,5-6H,4,7-14H2,1H3. The Morgan fingerprint density at radius 1 is 1.21 bits per heavy atom. The predicted molar refractivity (Wildman–Crippen MR) is 92.7 cm³/mol. The van der Waals surface area contributed by atoms with Gasteiger partial charge in [-0.3, -0.25) is 4.79 Å². The molecule has 1 amide bonds. The topological polar surface area (TPSA) is 49.6 Å². The summed E-state index contributed by atoms with van der Waals surface area (Å²) in [4.78, 5) is 17.3. The second kappa shape index (κ2) is 6.20. The summed E-state index contributed by atoms with van der Waals surface area (Å²) in [6.07, 6.45) is 5.14. The van der Waals surface area contributed by atoms with Gasteiger partial charge in [-0.05, 0) is 63.4 Å². The summed E-state index contributed by atoms with van der Waals surface area (Å²) in [5.74, 6) is 0.187. The van der Waals surface area contributed by atoms with Crippen LogP contribution < -0.4 is 0 Å². The Bertz CT molecular complexity index is 731. The molecule has 0 bridgehead atoms. The van der Waals surface area contributed by atoms with E-state index in [1.807, 2.05) is 24.3 Å². The average Bonchev–Trinajstić information content (AvgIpc) is 3.01. The summed E-state index contributed by atoms with van der Waals surface area (Å²) in [7, 11) is 2.19. The molecular formula is C19H25N3O2. The van der Waals surface area contributed by atoms with Gasteiger partial charge < -0.3 is 14.3 Å². The molecule has 2 fully saturated rings. The van der Waals surface area contributed by atoms with Crippen molar-refractivity contribution < 1.29 is 9.32 Å². The molecule has 0 aliphatic carbocycles. The van der Waals surface area contributed by atoms with E-state index >= 15 is 0 Å². The minimum atomic E-state index is 0.187. The molecule has 5 heteroatoms. The van der Waals surface area contributed by atoms with Gasteiger partial charge in [-0.15, -0.1) is 0 Å². The van der Waals surface area contributed by atoms with Crippen LogP contribution in [0.15, 0.2) is 28.8 Å². The second-order valence-corrected chi connectivity index (χ2v) is 7.52. The number of nitrogens with zero attached hydrogens (tertiary/aromatic N) is 3. The van der Waals surface area contributed by atoms with E-state index in [4.69, 9.17) is 4.52 Å². The first-order valence-corrected chi connectivity index (χ1v) is 8.95. The van der Waals surface area contributed by atoms with Crippen molar-refractivity contribution in [2.24, 2.45) is 5.41 Å². The summed E-state index contributed by atoms with van der Waals surface area (Å²) >= 11 is 0. The van der Waals surface area contributed by atoms with Crippen molar-refractivity contribution in [1.29, 1.82) is 0 Å². The molecule has 5 nitrogen and oxygen atoms in total. The number of carbonyl (C=O) groups is 1. The van der Waals surface area contributed by atoms with E-state index in [0.29, 0.717) is 11.8 Å². The highest BCUT2D eigenvalue weighted by Gasteiger charge is 2.39. The van der Waals surface area contributed by atoms with Crippen LogP contribution >= 0.6 is 0 Å². The van der Waals surface area contributed by atoms with Crippen LogP contribution in [0.2, 0.25) is 0 Å². The zero-order chi connectivity index (χ0) is 16.6. The SMILES string of the molecule is CN1CCC2(CCCN(C(=O)Cc3noc4ccccc34)C2)CC1. The number of fused-ring (bicyclic) bond motifs is 1. The highest BCUT2D eigenvalue weighted by atomic mass is 16.5. The van der Waals surface area contributed by atoms with Crippen molar-refractivity contribution >= 4 is 16.9 Å². The third-order valence-electron chi connectivity index (χ3n) is 5.83. The van der Waals surface area contributed by atoms with Crippen LogP contribution in [0.1, 0.15) is 31.4 Å². The molecule has 1 spiro atoms. The lowest BCUT2D eigenvalue weighted by molar-refractivity contribution is -0.135. The fourth-order valence-corrected chi connectivity index (χ4v) is 4.24. The highest BCUT2D eigenvalue weighted by Crippen LogP contribution is 2.39. The van der Waals surface area contributed by atoms with E-state index in [2.05, 4.69) is 22.0 Å². The number of amides is 1. The van der Waals surface area contributed by atoms with Crippen LogP contribution in [0.4, 0.5) is 0 Å². The van der Waals surface area contributed by atoms with Crippen molar-refractivity contribution in [1.82, 2.24) is 15.0 Å². The molecule has 0 unspecified atom stereocenters. The first-order chi connectivity index (χ1) is 11.7. The first kappa shape index (κ1) is 15.6. The Morgan fingerprint density at radius 3 is 2.83 bits per heavy atom. The van der Waals surface area contributed by atoms with Gasteiger partial charge in [0.15, 0.2) is 5.58 Å². The van der Waals surface area contributed by atoms with Crippen LogP contribution in [0.25, 0.3) is 11.0 Å². The Labute approximate surface area is 142 Å². The lowest BCUT2D eigenvalue weighted by Crippen LogP contribution is -2.50. The summed E-state index contributed by atoms with van der Waals surface area (Å²) in [5.41, 5.74) is 1.86. The second-order valence-electron chi connectivity index (χ2n) is 7.52. The zero-order valence-corrected chi connectivity index (χ0v) is 14.3.